The van der Waals surface area contributed by atoms with Crippen LogP contribution >= 0.6 is 0 Å². The van der Waals surface area contributed by atoms with Gasteiger partial charge in [0, 0.05) is 0 Å². The zero-order valence-electron chi connectivity index (χ0n) is 89.3. The largest absolute Gasteiger partial charge is 0.241 e. The Morgan fingerprint density at radius 2 is 0.635 bits per heavy atom. The first-order valence-corrected chi connectivity index (χ1v) is 48.0. The molecule has 1 unspecified atom stereocenters. The van der Waals surface area contributed by atoms with E-state index in [4.69, 9.17) is 0 Å². The molecule has 3 fully saturated rings. The maximum atomic E-state index is 3.81. The standard InChI is InChI=1S/C11H10.C8H10.C7H8.C6H12.C5H10.C5H8.3C4H5N3.C4H8.C4H6.22C2H6/c1-9-5-4-7-10-6-2-3-8-11(9)10;1-2-8-6-4-3-5-7-8;1-7-5-3-2-4-6-7;1-6-4-2-3-5-6;2*1-5-3-2-4-5;1-4-6-2-5-3-7-4;1-4-2-6-7-3-5-4;1-4-2-5-3-6-7-4;2*1-4-2-3-4;22*1-2/h2-8H,1H3;3-7H,2H2,1H3;2-6H,1H3;6H,2-5H2,1H3;5H,2-4H2,1H3;2-3,5H,4H2,1H3;3*2-3H,1H3;4H,2-3H2,1H3;2-4H,1H3;22*1-2H3. The number of aryl methyl sites for hydroxylation is 6. The van der Waals surface area contributed by atoms with E-state index >= 15 is 0 Å². The number of benzene rings is 4. The van der Waals surface area contributed by atoms with Crippen molar-refractivity contribution in [1.29, 1.82) is 0 Å². The van der Waals surface area contributed by atoms with Gasteiger partial charge in [-0.15, -0.1) is 10.2 Å². The lowest BCUT2D eigenvalue weighted by Gasteiger charge is -2.18. The molecule has 0 radical (unpaired) electrons. The van der Waals surface area contributed by atoms with Crippen molar-refractivity contribution >= 4 is 10.8 Å². The molecule has 688 valence electrons. The number of hydrogen-bond donors (Lipinski definition) is 0. The minimum atomic E-state index is 0.759. The molecule has 0 spiro atoms. The second kappa shape index (κ2) is 193. The van der Waals surface area contributed by atoms with Crippen LogP contribution in [0.2, 0.25) is 0 Å². The Morgan fingerprint density at radius 3 is 0.809 bits per heavy atom. The van der Waals surface area contributed by atoms with E-state index in [-0.39, 0.29) is 0 Å². The Hall–Kier alpha value is -6.35. The molecular weight excluding hydrogens is 1400 g/mol. The van der Waals surface area contributed by atoms with E-state index in [1.54, 1.807) is 12.4 Å². The van der Waals surface area contributed by atoms with Crippen molar-refractivity contribution in [2.45, 2.75) is 451 Å². The van der Waals surface area contributed by atoms with Gasteiger partial charge in [0.05, 0.1) is 23.8 Å². The van der Waals surface area contributed by atoms with Crippen molar-refractivity contribution in [1.82, 2.24) is 45.3 Å². The van der Waals surface area contributed by atoms with Crippen molar-refractivity contribution in [2.75, 3.05) is 0 Å². The molecular formula is C106H219N9. The van der Waals surface area contributed by atoms with Crippen molar-refractivity contribution in [3.63, 3.8) is 0 Å². The van der Waals surface area contributed by atoms with Gasteiger partial charge in [-0.25, -0.2) is 24.9 Å². The van der Waals surface area contributed by atoms with E-state index < -0.39 is 0 Å². The van der Waals surface area contributed by atoms with Gasteiger partial charge in [0.2, 0.25) is 0 Å². The first-order chi connectivity index (χ1) is 56.4. The third-order valence-corrected chi connectivity index (χ3v) is 11.5. The molecule has 0 saturated heterocycles. The SMILES string of the molecule is CC.CC.CC.CC.CC.CC.CC.CC.CC.CC.CC.CC.CC.CC.CC.CC.CC.CC.CC.CC.CC.CC.CC1C=C1.CC1C=CC1.CC1CC1.CC1CCC1.CC1CCCC1.CCc1ccccc1.Cc1cccc2ccccc12.Cc1ccccc1.Cc1cncnn1.Cc1cnncn1.Cc1ncncn1. The zero-order chi connectivity index (χ0) is 95.7. The van der Waals surface area contributed by atoms with Gasteiger partial charge in [-0.3, -0.25) is 0 Å². The monoisotopic (exact) mass is 1620 g/mol. The Kier molecular flexibility index (Phi) is 275. The average molecular weight is 1620 g/mol. The molecule has 5 aliphatic carbocycles. The van der Waals surface area contributed by atoms with E-state index in [0.29, 0.717) is 0 Å². The molecule has 9 nitrogen and oxygen atoms in total. The van der Waals surface area contributed by atoms with Gasteiger partial charge in [0.1, 0.15) is 31.1 Å². The number of aromatic nitrogens is 9. The van der Waals surface area contributed by atoms with Crippen LogP contribution < -0.4 is 0 Å². The summed E-state index contributed by atoms with van der Waals surface area (Å²) >= 11 is 0. The van der Waals surface area contributed by atoms with Crippen LogP contribution in [0.25, 0.3) is 10.8 Å². The zero-order valence-corrected chi connectivity index (χ0v) is 89.3. The number of nitrogens with zero attached hydrogens (tertiary/aromatic N) is 9. The normalized spacial score (nSPS) is 10.5. The smallest absolute Gasteiger partial charge is 0.138 e. The summed E-state index contributed by atoms with van der Waals surface area (Å²) in [7, 11) is 0. The molecule has 1 atom stereocenters. The van der Waals surface area contributed by atoms with E-state index in [1.165, 1.54) is 117 Å². The fraction of sp³-hybridized carbons (Fsp3) is 0.670. The highest BCUT2D eigenvalue weighted by Gasteiger charge is 2.12. The highest BCUT2D eigenvalue weighted by Crippen LogP contribution is 2.27. The van der Waals surface area contributed by atoms with Crippen LogP contribution in [0.15, 0.2) is 165 Å². The number of hydrogen-bond acceptors (Lipinski definition) is 9. The second-order valence-corrected chi connectivity index (χ2v) is 19.0. The fourth-order valence-corrected chi connectivity index (χ4v) is 5.97. The van der Waals surface area contributed by atoms with Gasteiger partial charge >= 0.3 is 0 Å². The fourth-order valence-electron chi connectivity index (χ4n) is 5.97. The first-order valence-electron chi connectivity index (χ1n) is 48.0. The van der Waals surface area contributed by atoms with Crippen LogP contribution in [0.4, 0.5) is 0 Å². The first kappa shape index (κ1) is 164. The van der Waals surface area contributed by atoms with Gasteiger partial charge in [-0.05, 0) is 98.9 Å². The molecule has 12 rings (SSSR count). The van der Waals surface area contributed by atoms with E-state index in [9.17, 15) is 0 Å². The summed E-state index contributed by atoms with van der Waals surface area (Å²) in [4.78, 5) is 18.7. The summed E-state index contributed by atoms with van der Waals surface area (Å²) in [6.07, 6.45) is 33.6. The molecule has 7 aromatic rings. The van der Waals surface area contributed by atoms with Crippen LogP contribution in [0.5, 0.6) is 0 Å². The molecule has 115 heavy (non-hydrogen) atoms. The maximum Gasteiger partial charge on any atom is 0.138 e. The van der Waals surface area contributed by atoms with Gasteiger partial charge in [0.15, 0.2) is 0 Å². The molecule has 0 amide bonds. The lowest BCUT2D eigenvalue weighted by molar-refractivity contribution is 0.346. The molecule has 5 aliphatic rings. The summed E-state index contributed by atoms with van der Waals surface area (Å²) in [6.45, 7) is 111. The minimum Gasteiger partial charge on any atom is -0.241 e. The average Bonchev–Trinajstić information content (AvgIpc) is 1.84. The van der Waals surface area contributed by atoms with Crippen LogP contribution in [0.1, 0.15) is 444 Å². The molecule has 0 N–H and O–H groups in total. The topological polar surface area (TPSA) is 116 Å². The highest BCUT2D eigenvalue weighted by atomic mass is 15.1. The molecule has 9 heteroatoms. The minimum absolute atomic E-state index is 0.759. The van der Waals surface area contributed by atoms with Crippen molar-refractivity contribution in [3.8, 4) is 0 Å². The summed E-state index contributed by atoms with van der Waals surface area (Å²) < 4.78 is 0. The van der Waals surface area contributed by atoms with Gasteiger partial charge in [-0.1, -0.05) is 537 Å². The number of fused-ring (bicyclic) bond motifs is 1. The highest BCUT2D eigenvalue weighted by molar-refractivity contribution is 5.85. The van der Waals surface area contributed by atoms with Gasteiger partial charge < -0.3 is 0 Å². The third-order valence-electron chi connectivity index (χ3n) is 11.5. The molecule has 0 bridgehead atoms. The van der Waals surface area contributed by atoms with Crippen LogP contribution in [-0.2, 0) is 6.42 Å². The number of rotatable bonds is 1. The maximum absolute atomic E-state index is 3.81. The summed E-state index contributed by atoms with van der Waals surface area (Å²) in [6, 6.07) is 35.5. The van der Waals surface area contributed by atoms with Crippen LogP contribution in [0, 0.1) is 64.2 Å². The molecule has 3 aromatic heterocycles. The van der Waals surface area contributed by atoms with Gasteiger partial charge in [-0.2, -0.15) is 10.2 Å². The molecule has 4 aromatic carbocycles. The molecule has 3 saturated carbocycles. The van der Waals surface area contributed by atoms with Crippen molar-refractivity contribution < 1.29 is 0 Å². The van der Waals surface area contributed by atoms with Crippen molar-refractivity contribution in [2.24, 2.45) is 29.6 Å². The summed E-state index contributed by atoms with van der Waals surface area (Å²) in [5, 5.41) is 16.9. The Morgan fingerprint density at radius 1 is 0.304 bits per heavy atom. The van der Waals surface area contributed by atoms with E-state index in [1.807, 2.05) is 350 Å². The molecule has 0 aliphatic heterocycles. The van der Waals surface area contributed by atoms with E-state index in [0.717, 1.165) is 53.2 Å². The summed E-state index contributed by atoms with van der Waals surface area (Å²) in [5.74, 6) is 5.67. The quantitative estimate of drug-likeness (QED) is 0.148. The number of allylic oxidation sites excluding steroid dienone is 4. The van der Waals surface area contributed by atoms with Crippen LogP contribution in [0.3, 0.4) is 0 Å². The predicted molar refractivity (Wildman–Crippen MR) is 549 cm³/mol. The van der Waals surface area contributed by atoms with Crippen molar-refractivity contribution in [3.05, 3.63) is 199 Å². The third kappa shape index (κ3) is 180. The molecule has 3 heterocycles. The Labute approximate surface area is 731 Å². The van der Waals surface area contributed by atoms with Gasteiger partial charge in [0.25, 0.3) is 0 Å². The lowest BCUT2D eigenvalue weighted by atomic mass is 9.88. The Bertz CT molecular complexity index is 2180. The van der Waals surface area contributed by atoms with E-state index in [2.05, 4.69) is 204 Å². The lowest BCUT2D eigenvalue weighted by Crippen LogP contribution is -2.04. The summed E-state index contributed by atoms with van der Waals surface area (Å²) in [5.41, 5.74) is 5.83. The second-order valence-electron chi connectivity index (χ2n) is 19.0. The predicted octanol–water partition coefficient (Wildman–Crippen LogP) is 38.7. The Balaban J connectivity index is -0.0000000427. The van der Waals surface area contributed by atoms with Crippen LogP contribution in [-0.4, -0.2) is 45.3 Å².